The molecule has 0 radical (unpaired) electrons. The number of nitrogens with one attached hydrogen (secondary N) is 2. The number of benzene rings is 2. The third-order valence-corrected chi connectivity index (χ3v) is 5.58. The Hall–Kier alpha value is -4.28. The highest BCUT2D eigenvalue weighted by atomic mass is 16.5. The molecular formula is C27H28N4O6. The molecule has 3 aromatic rings. The number of rotatable bonds is 11. The molecule has 2 aromatic carbocycles. The Labute approximate surface area is 214 Å². The van der Waals surface area contributed by atoms with Crippen LogP contribution in [0.2, 0.25) is 0 Å². The lowest BCUT2D eigenvalue weighted by Crippen LogP contribution is -2.17. The third-order valence-electron chi connectivity index (χ3n) is 5.58. The van der Waals surface area contributed by atoms with Crippen LogP contribution >= 0.6 is 0 Å². The van der Waals surface area contributed by atoms with Crippen LogP contribution in [0.15, 0.2) is 54.9 Å². The van der Waals surface area contributed by atoms with Crippen molar-refractivity contribution in [2.45, 2.75) is 13.0 Å². The largest absolute Gasteiger partial charge is 0.493 e. The molecule has 37 heavy (non-hydrogen) atoms. The van der Waals surface area contributed by atoms with E-state index in [2.05, 4.69) is 20.6 Å². The van der Waals surface area contributed by atoms with Crippen LogP contribution in [-0.2, 0) is 14.3 Å². The molecule has 0 saturated heterocycles. The lowest BCUT2D eigenvalue weighted by molar-refractivity contribution is -0.113. The van der Waals surface area contributed by atoms with Crippen LogP contribution < -0.4 is 20.1 Å². The van der Waals surface area contributed by atoms with Crippen molar-refractivity contribution in [1.82, 2.24) is 9.97 Å². The maximum Gasteiger partial charge on any atom is 0.186 e. The Balaban J connectivity index is 1.71. The molecule has 1 heterocycles. The molecule has 0 fully saturated rings. The molecule has 0 saturated carbocycles. The molecule has 10 nitrogen and oxygen atoms in total. The summed E-state index contributed by atoms with van der Waals surface area (Å²) in [5, 5.41) is 16.8. The van der Waals surface area contributed by atoms with E-state index in [0.717, 1.165) is 0 Å². The van der Waals surface area contributed by atoms with E-state index in [9.17, 15) is 14.7 Å². The number of fused-ring (bicyclic) bond motifs is 1. The summed E-state index contributed by atoms with van der Waals surface area (Å²) in [5.41, 5.74) is 2.67. The minimum Gasteiger partial charge on any atom is -0.493 e. The van der Waals surface area contributed by atoms with Gasteiger partial charge < -0.3 is 30.0 Å². The van der Waals surface area contributed by atoms with E-state index >= 15 is 0 Å². The van der Waals surface area contributed by atoms with Crippen molar-refractivity contribution in [3.8, 4) is 11.5 Å². The number of aliphatic hydroxyl groups is 1. The Morgan fingerprint density at radius 3 is 2.62 bits per heavy atom. The molecule has 10 heteroatoms. The van der Waals surface area contributed by atoms with E-state index in [4.69, 9.17) is 14.2 Å². The van der Waals surface area contributed by atoms with Crippen LogP contribution in [-0.4, -0.2) is 66.7 Å². The summed E-state index contributed by atoms with van der Waals surface area (Å²) in [5.74, 6) is 1.01. The van der Waals surface area contributed by atoms with Crippen molar-refractivity contribution in [3.05, 3.63) is 60.5 Å². The molecule has 0 spiro atoms. The molecule has 3 N–H and O–H groups in total. The van der Waals surface area contributed by atoms with Gasteiger partial charge in [0.15, 0.2) is 23.1 Å². The van der Waals surface area contributed by atoms with Crippen LogP contribution in [0.5, 0.6) is 11.5 Å². The SMILES string of the molecule is COCCOc1cc2ncnc(Nc3ccc(NCC(C)O)c(C4=CC(=O)C=CC4=O)c3)c2cc1OC. The number of hydrogen-bond donors (Lipinski definition) is 3. The Kier molecular flexibility index (Phi) is 8.11. The second-order valence-corrected chi connectivity index (χ2v) is 8.36. The van der Waals surface area contributed by atoms with Gasteiger partial charge in [-0.15, -0.1) is 0 Å². The van der Waals surface area contributed by atoms with Crippen molar-refractivity contribution in [2.75, 3.05) is 44.6 Å². The number of aromatic nitrogens is 2. The number of allylic oxidation sites excluding steroid dienone is 4. The number of hydrogen-bond acceptors (Lipinski definition) is 10. The fourth-order valence-corrected chi connectivity index (χ4v) is 3.78. The number of ether oxygens (including phenoxy) is 3. The first-order valence-corrected chi connectivity index (χ1v) is 11.7. The lowest BCUT2D eigenvalue weighted by atomic mass is 9.94. The first kappa shape index (κ1) is 25.8. The average molecular weight is 505 g/mol. The van der Waals surface area contributed by atoms with E-state index in [1.54, 1.807) is 45.4 Å². The highest BCUT2D eigenvalue weighted by molar-refractivity contribution is 6.34. The number of carbonyl (C=O) groups excluding carboxylic acids is 2. The molecule has 1 unspecified atom stereocenters. The summed E-state index contributed by atoms with van der Waals surface area (Å²) >= 11 is 0. The Bertz CT molecular complexity index is 1380. The molecule has 0 aliphatic heterocycles. The molecule has 0 bridgehead atoms. The van der Waals surface area contributed by atoms with Crippen molar-refractivity contribution in [1.29, 1.82) is 0 Å². The van der Waals surface area contributed by atoms with Gasteiger partial charge in [-0.25, -0.2) is 9.97 Å². The van der Waals surface area contributed by atoms with Gasteiger partial charge >= 0.3 is 0 Å². The molecule has 4 rings (SSSR count). The van der Waals surface area contributed by atoms with Gasteiger partial charge in [-0.05, 0) is 49.4 Å². The summed E-state index contributed by atoms with van der Waals surface area (Å²) in [4.78, 5) is 33.4. The number of methoxy groups -OCH3 is 2. The average Bonchev–Trinajstić information content (AvgIpc) is 2.89. The predicted molar refractivity (Wildman–Crippen MR) is 140 cm³/mol. The van der Waals surface area contributed by atoms with E-state index in [1.807, 2.05) is 6.07 Å². The molecule has 1 aromatic heterocycles. The smallest absolute Gasteiger partial charge is 0.186 e. The molecule has 1 atom stereocenters. The summed E-state index contributed by atoms with van der Waals surface area (Å²) in [6.07, 6.45) is 4.64. The zero-order chi connectivity index (χ0) is 26.4. The van der Waals surface area contributed by atoms with Gasteiger partial charge in [-0.2, -0.15) is 0 Å². The molecule has 192 valence electrons. The van der Waals surface area contributed by atoms with E-state index in [0.29, 0.717) is 58.4 Å². The minimum absolute atomic E-state index is 0.260. The molecular weight excluding hydrogens is 476 g/mol. The zero-order valence-corrected chi connectivity index (χ0v) is 20.8. The van der Waals surface area contributed by atoms with Crippen LogP contribution in [0.4, 0.5) is 17.2 Å². The molecule has 1 aliphatic rings. The van der Waals surface area contributed by atoms with Crippen molar-refractivity contribution >= 4 is 45.2 Å². The van der Waals surface area contributed by atoms with Gasteiger partial charge in [0.25, 0.3) is 0 Å². The standard InChI is InChI=1S/C27H28N4O6/c1-16(32)14-28-22-6-4-17(10-19(22)20-11-18(33)5-7-24(20)34)31-27-21-12-25(36-3)26(37-9-8-35-2)13-23(21)29-15-30-27/h4-7,10-13,15-16,28,32H,8-9,14H2,1-3H3,(H,29,30,31). The van der Waals surface area contributed by atoms with Crippen molar-refractivity contribution in [3.63, 3.8) is 0 Å². The summed E-state index contributed by atoms with van der Waals surface area (Å²) in [6.45, 7) is 2.72. The van der Waals surface area contributed by atoms with Gasteiger partial charge in [-0.1, -0.05) is 0 Å². The fraction of sp³-hybridized carbons (Fsp3) is 0.259. The van der Waals surface area contributed by atoms with Gasteiger partial charge in [0, 0.05) is 47.6 Å². The number of anilines is 3. The second-order valence-electron chi connectivity index (χ2n) is 8.36. The fourth-order valence-electron chi connectivity index (χ4n) is 3.78. The van der Waals surface area contributed by atoms with Crippen LogP contribution in [0.1, 0.15) is 12.5 Å². The van der Waals surface area contributed by atoms with Crippen LogP contribution in [0, 0.1) is 0 Å². The maximum atomic E-state index is 12.6. The monoisotopic (exact) mass is 504 g/mol. The number of nitrogens with zero attached hydrogens (tertiary/aromatic N) is 2. The van der Waals surface area contributed by atoms with Crippen LogP contribution in [0.3, 0.4) is 0 Å². The van der Waals surface area contributed by atoms with Gasteiger partial charge in [0.2, 0.25) is 0 Å². The third kappa shape index (κ3) is 6.11. The zero-order valence-electron chi connectivity index (χ0n) is 20.8. The first-order chi connectivity index (χ1) is 17.9. The summed E-state index contributed by atoms with van der Waals surface area (Å²) in [7, 11) is 3.15. The van der Waals surface area contributed by atoms with Gasteiger partial charge in [0.1, 0.15) is 18.8 Å². The second kappa shape index (κ2) is 11.6. The van der Waals surface area contributed by atoms with Crippen molar-refractivity contribution < 1.29 is 28.9 Å². The van der Waals surface area contributed by atoms with Crippen molar-refractivity contribution in [2.24, 2.45) is 0 Å². The summed E-state index contributed by atoms with van der Waals surface area (Å²) < 4.78 is 16.3. The van der Waals surface area contributed by atoms with Gasteiger partial charge in [-0.3, -0.25) is 9.59 Å². The Morgan fingerprint density at radius 2 is 1.86 bits per heavy atom. The molecule has 0 amide bonds. The quantitative estimate of drug-likeness (QED) is 0.264. The highest BCUT2D eigenvalue weighted by Crippen LogP contribution is 2.36. The van der Waals surface area contributed by atoms with E-state index < -0.39 is 6.10 Å². The van der Waals surface area contributed by atoms with Gasteiger partial charge in [0.05, 0.1) is 25.3 Å². The van der Waals surface area contributed by atoms with Crippen LogP contribution in [0.25, 0.3) is 16.5 Å². The van der Waals surface area contributed by atoms with E-state index in [1.165, 1.54) is 24.6 Å². The molecule has 1 aliphatic carbocycles. The number of ketones is 2. The number of carbonyl (C=O) groups is 2. The normalized spacial score (nSPS) is 13.9. The predicted octanol–water partition coefficient (Wildman–Crippen LogP) is 3.29. The lowest BCUT2D eigenvalue weighted by Gasteiger charge is -2.18. The Morgan fingerprint density at radius 1 is 1.03 bits per heavy atom. The first-order valence-electron chi connectivity index (χ1n) is 11.7. The minimum atomic E-state index is -0.603. The number of aliphatic hydroxyl groups excluding tert-OH is 1. The topological polar surface area (TPSA) is 132 Å². The summed E-state index contributed by atoms with van der Waals surface area (Å²) in [6, 6.07) is 8.91. The van der Waals surface area contributed by atoms with E-state index in [-0.39, 0.29) is 23.7 Å². The maximum absolute atomic E-state index is 12.6. The highest BCUT2D eigenvalue weighted by Gasteiger charge is 2.20.